The van der Waals surface area contributed by atoms with Gasteiger partial charge < -0.3 is 21.4 Å². The molecule has 0 spiro atoms. The number of aromatic nitrogens is 3. The molecule has 0 aliphatic carbocycles. The molecule has 0 aromatic carbocycles. The first kappa shape index (κ1) is 22.0. The van der Waals surface area contributed by atoms with E-state index < -0.39 is 22.1 Å². The van der Waals surface area contributed by atoms with Crippen molar-refractivity contribution in [3.63, 3.8) is 0 Å². The maximum atomic E-state index is 12.5. The number of hydrogen-bond donors (Lipinski definition) is 4. The SMILES string of the molecule is Nc1nc(C2(NC(=O)/C=N/O)S[C@@H]3CC(=O)N3C(C(=O)O)=C2CSc2ccncn2)cs1. The van der Waals surface area contributed by atoms with Gasteiger partial charge in [-0.1, -0.05) is 16.9 Å². The minimum atomic E-state index is -1.47. The molecule has 2 aromatic heterocycles. The third-order valence-electron chi connectivity index (χ3n) is 4.65. The summed E-state index contributed by atoms with van der Waals surface area (Å²) in [4.78, 5) is 49.2. The molecule has 0 saturated carbocycles. The van der Waals surface area contributed by atoms with Gasteiger partial charge in [0.25, 0.3) is 5.91 Å². The Morgan fingerprint density at radius 3 is 2.91 bits per heavy atom. The maximum absolute atomic E-state index is 12.5. The van der Waals surface area contributed by atoms with E-state index in [9.17, 15) is 19.5 Å². The van der Waals surface area contributed by atoms with E-state index >= 15 is 0 Å². The Kier molecular flexibility index (Phi) is 6.03. The van der Waals surface area contributed by atoms with Gasteiger partial charge in [0.1, 0.15) is 18.2 Å². The van der Waals surface area contributed by atoms with Crippen LogP contribution in [-0.4, -0.2) is 65.3 Å². The minimum Gasteiger partial charge on any atom is -0.477 e. The number of nitrogens with two attached hydrogens (primary N) is 1. The number of thiazole rings is 1. The van der Waals surface area contributed by atoms with Crippen molar-refractivity contribution >= 4 is 64.0 Å². The zero-order valence-electron chi connectivity index (χ0n) is 16.0. The van der Waals surface area contributed by atoms with Gasteiger partial charge in [0.05, 0.1) is 22.5 Å². The van der Waals surface area contributed by atoms with Crippen LogP contribution >= 0.6 is 34.9 Å². The molecule has 15 heteroatoms. The van der Waals surface area contributed by atoms with Gasteiger partial charge in [0, 0.05) is 22.9 Å². The highest BCUT2D eigenvalue weighted by atomic mass is 32.2. The highest BCUT2D eigenvalue weighted by Crippen LogP contribution is 2.54. The predicted molar refractivity (Wildman–Crippen MR) is 117 cm³/mol. The largest absolute Gasteiger partial charge is 0.477 e. The number of amides is 2. The first-order chi connectivity index (χ1) is 15.4. The van der Waals surface area contributed by atoms with Crippen LogP contribution in [0.4, 0.5) is 5.13 Å². The van der Waals surface area contributed by atoms with Gasteiger partial charge in [-0.05, 0) is 6.07 Å². The van der Waals surface area contributed by atoms with Crippen LogP contribution in [0.15, 0.2) is 45.4 Å². The summed E-state index contributed by atoms with van der Waals surface area (Å²) in [5.74, 6) is -2.38. The molecule has 12 nitrogen and oxygen atoms in total. The third-order valence-corrected chi connectivity index (χ3v) is 7.85. The van der Waals surface area contributed by atoms with Crippen LogP contribution in [0.2, 0.25) is 0 Å². The number of fused-ring (bicyclic) bond motifs is 1. The topological polar surface area (TPSA) is 184 Å². The number of oxime groups is 1. The summed E-state index contributed by atoms with van der Waals surface area (Å²) in [7, 11) is 0. The number of nitrogen functional groups attached to an aromatic ring is 1. The van der Waals surface area contributed by atoms with Crippen molar-refractivity contribution in [1.29, 1.82) is 0 Å². The lowest BCUT2D eigenvalue weighted by Gasteiger charge is -2.51. The van der Waals surface area contributed by atoms with E-state index in [2.05, 4.69) is 25.4 Å². The Hall–Kier alpha value is -3.17. The second kappa shape index (κ2) is 8.76. The van der Waals surface area contributed by atoms with Crippen LogP contribution < -0.4 is 11.1 Å². The second-order valence-electron chi connectivity index (χ2n) is 6.49. The number of rotatable bonds is 7. The number of nitrogens with one attached hydrogen (secondary N) is 1. The van der Waals surface area contributed by atoms with E-state index in [0.717, 1.165) is 11.3 Å². The Bertz CT molecular complexity index is 1140. The van der Waals surface area contributed by atoms with E-state index in [4.69, 9.17) is 10.9 Å². The number of β-lactam (4-membered cyclic amide) rings is 1. The number of carbonyl (C=O) groups is 3. The molecular formula is C17H15N7O5S3. The fraction of sp³-hybridized carbons (Fsp3) is 0.235. The van der Waals surface area contributed by atoms with Crippen molar-refractivity contribution < 1.29 is 24.7 Å². The fourth-order valence-electron chi connectivity index (χ4n) is 3.34. The van der Waals surface area contributed by atoms with Gasteiger partial charge in [-0.15, -0.1) is 23.1 Å². The number of hydrogen-bond acceptors (Lipinski definition) is 12. The summed E-state index contributed by atoms with van der Waals surface area (Å²) in [6.45, 7) is 0. The van der Waals surface area contributed by atoms with Crippen molar-refractivity contribution in [2.45, 2.75) is 21.7 Å². The van der Waals surface area contributed by atoms with E-state index in [1.807, 2.05) is 0 Å². The molecule has 1 unspecified atom stereocenters. The first-order valence-electron chi connectivity index (χ1n) is 8.92. The number of anilines is 1. The summed E-state index contributed by atoms with van der Waals surface area (Å²) in [5, 5.41) is 26.2. The molecule has 0 radical (unpaired) electrons. The number of carboxylic acid groups (broad SMARTS) is 1. The van der Waals surface area contributed by atoms with Crippen molar-refractivity contribution in [1.82, 2.24) is 25.2 Å². The quantitative estimate of drug-likeness (QED) is 0.106. The molecule has 2 aliphatic heterocycles. The van der Waals surface area contributed by atoms with Crippen molar-refractivity contribution in [3.8, 4) is 0 Å². The standard InChI is InChI=1S/C17H15N7O5S3/c18-16-22-9(6-31-16)17(23-10(25)4-21-29)8(5-30-11-1-2-19-7-20-11)14(15(27)28)24-12(26)3-13(24)32-17/h1-2,4,6-7,13,29H,3,5H2,(H2,18,22)(H,23,25)(H,27,28)/b21-4+/t13-,17?/m1/s1. The van der Waals surface area contributed by atoms with Crippen LogP contribution in [-0.2, 0) is 19.3 Å². The molecule has 5 N–H and O–H groups in total. The molecule has 166 valence electrons. The smallest absolute Gasteiger partial charge is 0.352 e. The summed E-state index contributed by atoms with van der Waals surface area (Å²) in [6.07, 6.45) is 3.65. The lowest BCUT2D eigenvalue weighted by Crippen LogP contribution is -2.61. The Morgan fingerprint density at radius 2 is 2.31 bits per heavy atom. The lowest BCUT2D eigenvalue weighted by molar-refractivity contribution is -0.146. The Morgan fingerprint density at radius 1 is 1.50 bits per heavy atom. The lowest BCUT2D eigenvalue weighted by atomic mass is 9.98. The minimum absolute atomic E-state index is 0.0517. The molecule has 4 heterocycles. The average Bonchev–Trinajstić information content (AvgIpc) is 3.19. The van der Waals surface area contributed by atoms with Crippen molar-refractivity contribution in [2.24, 2.45) is 5.16 Å². The fourth-order valence-corrected chi connectivity index (χ4v) is 6.70. The van der Waals surface area contributed by atoms with Crippen LogP contribution in [0.25, 0.3) is 0 Å². The van der Waals surface area contributed by atoms with Gasteiger partial charge in [-0.25, -0.2) is 19.7 Å². The van der Waals surface area contributed by atoms with E-state index in [1.54, 1.807) is 17.6 Å². The van der Waals surface area contributed by atoms with Crippen LogP contribution in [0.3, 0.4) is 0 Å². The summed E-state index contributed by atoms with van der Waals surface area (Å²) in [5.41, 5.74) is 6.12. The van der Waals surface area contributed by atoms with Gasteiger partial charge in [-0.2, -0.15) is 0 Å². The molecular weight excluding hydrogens is 478 g/mol. The third kappa shape index (κ3) is 3.89. The second-order valence-corrected chi connectivity index (χ2v) is 9.77. The molecule has 32 heavy (non-hydrogen) atoms. The van der Waals surface area contributed by atoms with E-state index in [0.29, 0.717) is 16.9 Å². The number of carbonyl (C=O) groups excluding carboxylic acids is 2. The van der Waals surface area contributed by atoms with Gasteiger partial charge in [0.2, 0.25) is 5.91 Å². The van der Waals surface area contributed by atoms with Gasteiger partial charge in [0.15, 0.2) is 10.0 Å². The first-order valence-corrected chi connectivity index (χ1v) is 11.7. The summed E-state index contributed by atoms with van der Waals surface area (Å²) in [6, 6.07) is 1.65. The number of carboxylic acids is 1. The molecule has 0 bridgehead atoms. The summed E-state index contributed by atoms with van der Waals surface area (Å²) < 4.78 is 0. The molecule has 1 fully saturated rings. The molecule has 2 amide bonds. The van der Waals surface area contributed by atoms with E-state index in [-0.39, 0.29) is 34.5 Å². The maximum Gasteiger partial charge on any atom is 0.352 e. The van der Waals surface area contributed by atoms with Gasteiger partial charge in [-0.3, -0.25) is 14.5 Å². The number of thioether (sulfide) groups is 2. The molecule has 2 aromatic rings. The monoisotopic (exact) mass is 493 g/mol. The van der Waals surface area contributed by atoms with Crippen molar-refractivity contribution in [2.75, 3.05) is 11.5 Å². The van der Waals surface area contributed by atoms with Crippen LogP contribution in [0.1, 0.15) is 12.1 Å². The normalized spacial score (nSPS) is 22.6. The van der Waals surface area contributed by atoms with Crippen LogP contribution in [0.5, 0.6) is 0 Å². The predicted octanol–water partition coefficient (Wildman–Crippen LogP) is 0.681. The Labute approximate surface area is 193 Å². The van der Waals surface area contributed by atoms with Crippen LogP contribution in [0, 0.1) is 0 Å². The van der Waals surface area contributed by atoms with Gasteiger partial charge >= 0.3 is 5.97 Å². The number of nitrogens with zero attached hydrogens (tertiary/aromatic N) is 5. The average molecular weight is 494 g/mol. The molecule has 2 aliphatic rings. The molecule has 4 rings (SSSR count). The van der Waals surface area contributed by atoms with Crippen molar-refractivity contribution in [3.05, 3.63) is 40.9 Å². The number of aliphatic carboxylic acids is 1. The Balaban J connectivity index is 1.89. The zero-order chi connectivity index (χ0) is 22.9. The molecule has 1 saturated heterocycles. The van der Waals surface area contributed by atoms with E-state index in [1.165, 1.54) is 34.8 Å². The molecule has 2 atom stereocenters. The summed E-state index contributed by atoms with van der Waals surface area (Å²) >= 11 is 3.50. The highest BCUT2D eigenvalue weighted by Gasteiger charge is 2.56. The zero-order valence-corrected chi connectivity index (χ0v) is 18.5. The highest BCUT2D eigenvalue weighted by molar-refractivity contribution is 8.01.